The number of hydrogen-bond acceptors (Lipinski definition) is 3. The molecule has 0 bridgehead atoms. The summed E-state index contributed by atoms with van der Waals surface area (Å²) in [5, 5.41) is 0.190. The molecule has 1 aliphatic heterocycles. The van der Waals surface area contributed by atoms with E-state index in [0.29, 0.717) is 5.75 Å². The minimum atomic E-state index is 0.190. The fraction of sp³-hybridized carbons (Fsp3) is 0.500. The third kappa shape index (κ3) is 2.32. The van der Waals surface area contributed by atoms with Gasteiger partial charge in [0.05, 0.1) is 10.1 Å². The zero-order valence-corrected chi connectivity index (χ0v) is 10.8. The lowest BCUT2D eigenvalue weighted by atomic mass is 10.3. The molecule has 0 spiro atoms. The van der Waals surface area contributed by atoms with Gasteiger partial charge in [-0.15, -0.1) is 23.1 Å². The molecule has 82 valence electrons. The standard InChI is InChI=1S/C10H12ClNOS2/c1-2-5-12-9(13)6-14-10(12)7-3-4-8(11)15-7/h3-4,10H,2,5-6H2,1H3. The molecule has 1 aliphatic rings. The maximum atomic E-state index is 11.6. The number of carbonyl (C=O) groups excluding carboxylic acids is 1. The van der Waals surface area contributed by atoms with Crippen LogP contribution in [0.15, 0.2) is 12.1 Å². The second-order valence-electron chi connectivity index (χ2n) is 3.39. The van der Waals surface area contributed by atoms with Crippen LogP contribution in [0, 0.1) is 0 Å². The van der Waals surface area contributed by atoms with Gasteiger partial charge in [0.1, 0.15) is 5.37 Å². The second kappa shape index (κ2) is 4.76. The third-order valence-corrected chi connectivity index (χ3v) is 4.94. The van der Waals surface area contributed by atoms with Crippen molar-refractivity contribution in [2.45, 2.75) is 18.7 Å². The van der Waals surface area contributed by atoms with Crippen molar-refractivity contribution in [3.8, 4) is 0 Å². The highest BCUT2D eigenvalue weighted by Gasteiger charge is 2.32. The highest BCUT2D eigenvalue weighted by Crippen LogP contribution is 2.42. The molecule has 2 heterocycles. The normalized spacial score (nSPS) is 21.3. The zero-order valence-electron chi connectivity index (χ0n) is 8.40. The van der Waals surface area contributed by atoms with E-state index in [1.807, 2.05) is 17.0 Å². The molecule has 0 N–H and O–H groups in total. The predicted molar refractivity (Wildman–Crippen MR) is 66.5 cm³/mol. The zero-order chi connectivity index (χ0) is 10.8. The first kappa shape index (κ1) is 11.3. The lowest BCUT2D eigenvalue weighted by molar-refractivity contribution is -0.128. The summed E-state index contributed by atoms with van der Waals surface area (Å²) >= 11 is 9.17. The number of halogens is 1. The van der Waals surface area contributed by atoms with Gasteiger partial charge in [-0.3, -0.25) is 4.79 Å². The van der Waals surface area contributed by atoms with E-state index in [1.54, 1.807) is 23.1 Å². The maximum absolute atomic E-state index is 11.6. The summed E-state index contributed by atoms with van der Waals surface area (Å²) in [5.74, 6) is 0.844. The first-order valence-corrected chi connectivity index (χ1v) is 7.13. The summed E-state index contributed by atoms with van der Waals surface area (Å²) in [4.78, 5) is 14.8. The molecule has 1 saturated heterocycles. The summed E-state index contributed by atoms with van der Waals surface area (Å²) in [5.41, 5.74) is 0. The van der Waals surface area contributed by atoms with Gasteiger partial charge < -0.3 is 4.90 Å². The molecule has 0 radical (unpaired) electrons. The van der Waals surface area contributed by atoms with Gasteiger partial charge in [-0.1, -0.05) is 18.5 Å². The fourth-order valence-corrected chi connectivity index (χ4v) is 4.15. The van der Waals surface area contributed by atoms with Crippen molar-refractivity contribution in [3.63, 3.8) is 0 Å². The molecule has 1 fully saturated rings. The van der Waals surface area contributed by atoms with Crippen molar-refractivity contribution in [2.75, 3.05) is 12.3 Å². The molecule has 1 aromatic rings. The molecule has 1 aromatic heterocycles. The van der Waals surface area contributed by atoms with Gasteiger partial charge in [-0.05, 0) is 18.6 Å². The van der Waals surface area contributed by atoms with Crippen LogP contribution in [0.3, 0.4) is 0 Å². The Morgan fingerprint density at radius 3 is 3.00 bits per heavy atom. The van der Waals surface area contributed by atoms with Crippen LogP contribution in [-0.4, -0.2) is 23.1 Å². The second-order valence-corrected chi connectivity index (χ2v) is 6.21. The van der Waals surface area contributed by atoms with Crippen LogP contribution in [0.1, 0.15) is 23.6 Å². The number of thioether (sulfide) groups is 1. The van der Waals surface area contributed by atoms with E-state index in [1.165, 1.54) is 4.88 Å². The fourth-order valence-electron chi connectivity index (χ4n) is 1.63. The van der Waals surface area contributed by atoms with Crippen molar-refractivity contribution in [2.24, 2.45) is 0 Å². The molecular weight excluding hydrogens is 250 g/mol. The van der Waals surface area contributed by atoms with Crippen LogP contribution in [0.5, 0.6) is 0 Å². The van der Waals surface area contributed by atoms with Gasteiger partial charge in [0.25, 0.3) is 0 Å². The maximum Gasteiger partial charge on any atom is 0.233 e. The van der Waals surface area contributed by atoms with Gasteiger partial charge >= 0.3 is 0 Å². The summed E-state index contributed by atoms with van der Waals surface area (Å²) < 4.78 is 0.793. The van der Waals surface area contributed by atoms with Crippen molar-refractivity contribution >= 4 is 40.6 Å². The summed E-state index contributed by atoms with van der Waals surface area (Å²) in [7, 11) is 0. The van der Waals surface area contributed by atoms with E-state index in [0.717, 1.165) is 17.3 Å². The molecule has 2 rings (SSSR count). The molecule has 2 nitrogen and oxygen atoms in total. The minimum Gasteiger partial charge on any atom is -0.325 e. The van der Waals surface area contributed by atoms with E-state index in [-0.39, 0.29) is 11.3 Å². The van der Waals surface area contributed by atoms with Crippen LogP contribution in [0.2, 0.25) is 4.34 Å². The Balaban J connectivity index is 2.18. The number of carbonyl (C=O) groups is 1. The van der Waals surface area contributed by atoms with Gasteiger partial charge in [-0.25, -0.2) is 0 Å². The monoisotopic (exact) mass is 261 g/mol. The number of rotatable bonds is 3. The van der Waals surface area contributed by atoms with Crippen molar-refractivity contribution in [3.05, 3.63) is 21.3 Å². The lowest BCUT2D eigenvalue weighted by Crippen LogP contribution is -2.28. The molecule has 0 aromatic carbocycles. The third-order valence-electron chi connectivity index (χ3n) is 2.27. The Hall–Kier alpha value is -0.190. The number of thiophene rings is 1. The molecule has 0 aliphatic carbocycles. The molecule has 15 heavy (non-hydrogen) atoms. The van der Waals surface area contributed by atoms with Crippen LogP contribution in [0.4, 0.5) is 0 Å². The molecule has 1 amide bonds. The van der Waals surface area contributed by atoms with E-state index in [9.17, 15) is 4.79 Å². The Morgan fingerprint density at radius 1 is 1.60 bits per heavy atom. The summed E-state index contributed by atoms with van der Waals surface area (Å²) in [6.45, 7) is 2.93. The topological polar surface area (TPSA) is 20.3 Å². The van der Waals surface area contributed by atoms with Crippen LogP contribution in [0.25, 0.3) is 0 Å². The Morgan fingerprint density at radius 2 is 2.40 bits per heavy atom. The number of nitrogens with zero attached hydrogens (tertiary/aromatic N) is 1. The molecule has 0 saturated carbocycles. The Kier molecular flexibility index (Phi) is 3.59. The average Bonchev–Trinajstić information content (AvgIpc) is 2.76. The number of amides is 1. The highest BCUT2D eigenvalue weighted by molar-refractivity contribution is 8.00. The largest absolute Gasteiger partial charge is 0.325 e. The van der Waals surface area contributed by atoms with Crippen molar-refractivity contribution < 1.29 is 4.79 Å². The van der Waals surface area contributed by atoms with Crippen LogP contribution >= 0.6 is 34.7 Å². The van der Waals surface area contributed by atoms with Gasteiger partial charge in [-0.2, -0.15) is 0 Å². The molecule has 1 atom stereocenters. The average molecular weight is 262 g/mol. The smallest absolute Gasteiger partial charge is 0.233 e. The SMILES string of the molecule is CCCN1C(=O)CSC1c1ccc(Cl)s1. The van der Waals surface area contributed by atoms with E-state index in [4.69, 9.17) is 11.6 Å². The van der Waals surface area contributed by atoms with Crippen molar-refractivity contribution in [1.82, 2.24) is 4.90 Å². The van der Waals surface area contributed by atoms with Gasteiger partial charge in [0.2, 0.25) is 5.91 Å². The summed E-state index contributed by atoms with van der Waals surface area (Å²) in [6, 6.07) is 3.92. The van der Waals surface area contributed by atoms with Crippen LogP contribution in [-0.2, 0) is 4.79 Å². The Bertz CT molecular complexity index is 366. The van der Waals surface area contributed by atoms with E-state index in [2.05, 4.69) is 6.92 Å². The Labute approximate surface area is 103 Å². The van der Waals surface area contributed by atoms with Gasteiger partial charge in [0, 0.05) is 11.4 Å². The molecule has 5 heteroatoms. The van der Waals surface area contributed by atoms with E-state index < -0.39 is 0 Å². The minimum absolute atomic E-state index is 0.190. The van der Waals surface area contributed by atoms with Gasteiger partial charge in [0.15, 0.2) is 0 Å². The number of hydrogen-bond donors (Lipinski definition) is 0. The molecular formula is C10H12ClNOS2. The lowest BCUT2D eigenvalue weighted by Gasteiger charge is -2.22. The first-order valence-electron chi connectivity index (χ1n) is 4.88. The quantitative estimate of drug-likeness (QED) is 0.831. The van der Waals surface area contributed by atoms with Crippen LogP contribution < -0.4 is 0 Å². The molecule has 1 unspecified atom stereocenters. The first-order chi connectivity index (χ1) is 7.22. The van der Waals surface area contributed by atoms with Crippen molar-refractivity contribution in [1.29, 1.82) is 0 Å². The highest BCUT2D eigenvalue weighted by atomic mass is 35.5. The predicted octanol–water partition coefficient (Wildman–Crippen LogP) is 3.39. The summed E-state index contributed by atoms with van der Waals surface area (Å²) in [6.07, 6.45) is 1.00. The van der Waals surface area contributed by atoms with E-state index >= 15 is 0 Å².